The van der Waals surface area contributed by atoms with Gasteiger partial charge in [-0.15, -0.1) is 0 Å². The molecule has 1 saturated heterocycles. The van der Waals surface area contributed by atoms with Crippen LogP contribution in [0.2, 0.25) is 0 Å². The number of aromatic nitrogens is 2. The predicted molar refractivity (Wildman–Crippen MR) is 97.3 cm³/mol. The highest BCUT2D eigenvalue weighted by Gasteiger charge is 2.22. The number of amides is 1. The summed E-state index contributed by atoms with van der Waals surface area (Å²) in [5.74, 6) is 2.26. The summed E-state index contributed by atoms with van der Waals surface area (Å²) in [6.45, 7) is 3.66. The third-order valence-electron chi connectivity index (χ3n) is 4.38. The number of anilines is 2. The van der Waals surface area contributed by atoms with Crippen LogP contribution in [0, 0.1) is 5.92 Å². The van der Waals surface area contributed by atoms with Gasteiger partial charge in [0.05, 0.1) is 0 Å². The molecule has 1 aliphatic heterocycles. The van der Waals surface area contributed by atoms with E-state index in [2.05, 4.69) is 30.4 Å². The van der Waals surface area contributed by atoms with Gasteiger partial charge in [0, 0.05) is 39.3 Å². The fourth-order valence-corrected chi connectivity index (χ4v) is 2.97. The van der Waals surface area contributed by atoms with Crippen LogP contribution in [-0.2, 0) is 4.79 Å². The monoisotopic (exact) mass is 334 g/mol. The van der Waals surface area contributed by atoms with E-state index in [9.17, 15) is 4.79 Å². The SMILES string of the molecule is CNc1nccc(N2CCC(CC(=O)NCCCN(C)C)CC2)n1. The fourth-order valence-electron chi connectivity index (χ4n) is 2.97. The molecule has 0 aromatic carbocycles. The minimum Gasteiger partial charge on any atom is -0.357 e. The molecule has 1 aromatic rings. The molecule has 2 heterocycles. The molecule has 0 spiro atoms. The highest BCUT2D eigenvalue weighted by atomic mass is 16.1. The summed E-state index contributed by atoms with van der Waals surface area (Å²) in [7, 11) is 5.92. The molecule has 2 N–H and O–H groups in total. The number of rotatable bonds is 8. The molecule has 24 heavy (non-hydrogen) atoms. The Bertz CT molecular complexity index is 514. The van der Waals surface area contributed by atoms with Crippen LogP contribution in [0.1, 0.15) is 25.7 Å². The maximum atomic E-state index is 12.0. The fraction of sp³-hybridized carbons (Fsp3) is 0.706. The minimum absolute atomic E-state index is 0.187. The molecule has 0 radical (unpaired) electrons. The van der Waals surface area contributed by atoms with Crippen molar-refractivity contribution in [3.05, 3.63) is 12.3 Å². The number of piperidine rings is 1. The van der Waals surface area contributed by atoms with Gasteiger partial charge in [-0.2, -0.15) is 4.98 Å². The van der Waals surface area contributed by atoms with Gasteiger partial charge < -0.3 is 20.4 Å². The van der Waals surface area contributed by atoms with E-state index in [1.54, 1.807) is 6.20 Å². The van der Waals surface area contributed by atoms with Crippen LogP contribution < -0.4 is 15.5 Å². The van der Waals surface area contributed by atoms with Crippen LogP contribution in [-0.4, -0.2) is 68.1 Å². The Hall–Kier alpha value is -1.89. The number of carbonyl (C=O) groups is 1. The van der Waals surface area contributed by atoms with Gasteiger partial charge in [-0.25, -0.2) is 4.98 Å². The van der Waals surface area contributed by atoms with Gasteiger partial charge in [-0.1, -0.05) is 0 Å². The number of nitrogens with one attached hydrogen (secondary N) is 2. The van der Waals surface area contributed by atoms with Crippen molar-refractivity contribution in [3.63, 3.8) is 0 Å². The van der Waals surface area contributed by atoms with E-state index < -0.39 is 0 Å². The summed E-state index contributed by atoms with van der Waals surface area (Å²) in [5.41, 5.74) is 0. The van der Waals surface area contributed by atoms with Gasteiger partial charge in [0.1, 0.15) is 5.82 Å². The number of carbonyl (C=O) groups excluding carboxylic acids is 1. The second-order valence-corrected chi connectivity index (χ2v) is 6.63. The Morgan fingerprint density at radius 1 is 1.38 bits per heavy atom. The molecule has 1 amide bonds. The zero-order valence-electron chi connectivity index (χ0n) is 15.1. The van der Waals surface area contributed by atoms with Crippen LogP contribution in [0.3, 0.4) is 0 Å². The molecule has 7 heteroatoms. The zero-order valence-corrected chi connectivity index (χ0v) is 15.1. The van der Waals surface area contributed by atoms with E-state index in [0.29, 0.717) is 18.3 Å². The minimum atomic E-state index is 0.187. The van der Waals surface area contributed by atoms with Gasteiger partial charge in [-0.3, -0.25) is 4.79 Å². The zero-order chi connectivity index (χ0) is 17.4. The molecule has 1 aliphatic rings. The highest BCUT2D eigenvalue weighted by molar-refractivity contribution is 5.76. The van der Waals surface area contributed by atoms with Crippen LogP contribution in [0.4, 0.5) is 11.8 Å². The second-order valence-electron chi connectivity index (χ2n) is 6.63. The summed E-state index contributed by atoms with van der Waals surface area (Å²) < 4.78 is 0. The van der Waals surface area contributed by atoms with Crippen molar-refractivity contribution < 1.29 is 4.79 Å². The van der Waals surface area contributed by atoms with E-state index >= 15 is 0 Å². The van der Waals surface area contributed by atoms with Crippen molar-refractivity contribution in [2.75, 3.05) is 57.5 Å². The van der Waals surface area contributed by atoms with E-state index in [0.717, 1.165) is 51.3 Å². The first-order chi connectivity index (χ1) is 11.6. The molecule has 2 rings (SSSR count). The Balaban J connectivity index is 1.69. The van der Waals surface area contributed by atoms with Gasteiger partial charge in [0.25, 0.3) is 0 Å². The van der Waals surface area contributed by atoms with Gasteiger partial charge >= 0.3 is 0 Å². The van der Waals surface area contributed by atoms with Gasteiger partial charge in [0.2, 0.25) is 11.9 Å². The first kappa shape index (κ1) is 18.4. The van der Waals surface area contributed by atoms with Gasteiger partial charge in [-0.05, 0) is 51.9 Å². The number of nitrogens with zero attached hydrogens (tertiary/aromatic N) is 4. The van der Waals surface area contributed by atoms with Crippen molar-refractivity contribution in [2.45, 2.75) is 25.7 Å². The molecular weight excluding hydrogens is 304 g/mol. The summed E-state index contributed by atoms with van der Waals surface area (Å²) in [5, 5.41) is 6.00. The highest BCUT2D eigenvalue weighted by Crippen LogP contribution is 2.24. The lowest BCUT2D eigenvalue weighted by Crippen LogP contribution is -2.36. The summed E-state index contributed by atoms with van der Waals surface area (Å²) in [6.07, 6.45) is 5.48. The third kappa shape index (κ3) is 5.96. The molecule has 1 aromatic heterocycles. The predicted octanol–water partition coefficient (Wildman–Crippen LogP) is 1.19. The van der Waals surface area contributed by atoms with Gasteiger partial charge in [0.15, 0.2) is 0 Å². The van der Waals surface area contributed by atoms with Crippen molar-refractivity contribution in [2.24, 2.45) is 5.92 Å². The lowest BCUT2D eigenvalue weighted by Gasteiger charge is -2.32. The average molecular weight is 334 g/mol. The maximum Gasteiger partial charge on any atom is 0.224 e. The first-order valence-corrected chi connectivity index (χ1v) is 8.75. The normalized spacial score (nSPS) is 15.6. The Morgan fingerprint density at radius 3 is 2.79 bits per heavy atom. The van der Waals surface area contributed by atoms with E-state index in [1.165, 1.54) is 0 Å². The average Bonchev–Trinajstić information content (AvgIpc) is 2.59. The first-order valence-electron chi connectivity index (χ1n) is 8.75. The van der Waals surface area contributed by atoms with E-state index in [1.807, 2.05) is 27.2 Å². The molecule has 0 aliphatic carbocycles. The van der Waals surface area contributed by atoms with Crippen molar-refractivity contribution >= 4 is 17.7 Å². The lowest BCUT2D eigenvalue weighted by molar-refractivity contribution is -0.122. The van der Waals surface area contributed by atoms with Crippen molar-refractivity contribution in [1.29, 1.82) is 0 Å². The molecule has 0 saturated carbocycles. The van der Waals surface area contributed by atoms with Crippen molar-refractivity contribution in [1.82, 2.24) is 20.2 Å². The standard InChI is InChI=1S/C17H30N6O/c1-18-17-20-9-5-15(21-17)23-11-6-14(7-12-23)13-16(24)19-8-4-10-22(2)3/h5,9,14H,4,6-8,10-13H2,1-3H3,(H,19,24)(H,18,20,21). The maximum absolute atomic E-state index is 12.0. The summed E-state index contributed by atoms with van der Waals surface area (Å²) >= 11 is 0. The van der Waals surface area contributed by atoms with Crippen LogP contribution in [0.15, 0.2) is 12.3 Å². The summed E-state index contributed by atoms with van der Waals surface area (Å²) in [4.78, 5) is 25.1. The molecule has 134 valence electrons. The topological polar surface area (TPSA) is 73.4 Å². The van der Waals surface area contributed by atoms with E-state index in [4.69, 9.17) is 0 Å². The Morgan fingerprint density at radius 2 is 2.12 bits per heavy atom. The molecule has 1 fully saturated rings. The Labute approximate surface area is 144 Å². The molecule has 7 nitrogen and oxygen atoms in total. The van der Waals surface area contributed by atoms with Crippen LogP contribution in [0.25, 0.3) is 0 Å². The molecule has 0 unspecified atom stereocenters. The molecule has 0 bridgehead atoms. The van der Waals surface area contributed by atoms with E-state index in [-0.39, 0.29) is 5.91 Å². The third-order valence-corrected chi connectivity index (χ3v) is 4.38. The molecular formula is C17H30N6O. The smallest absolute Gasteiger partial charge is 0.224 e. The van der Waals surface area contributed by atoms with Crippen molar-refractivity contribution in [3.8, 4) is 0 Å². The number of hydrogen-bond donors (Lipinski definition) is 2. The lowest BCUT2D eigenvalue weighted by atomic mass is 9.93. The van der Waals surface area contributed by atoms with Crippen LogP contribution in [0.5, 0.6) is 0 Å². The second kappa shape index (κ2) is 9.42. The summed E-state index contributed by atoms with van der Waals surface area (Å²) in [6, 6.07) is 1.94. The quantitative estimate of drug-likeness (QED) is 0.696. The Kier molecular flexibility index (Phi) is 7.24. The molecule has 0 atom stereocenters. The largest absolute Gasteiger partial charge is 0.357 e. The van der Waals surface area contributed by atoms with Crippen LogP contribution >= 0.6 is 0 Å². The number of hydrogen-bond acceptors (Lipinski definition) is 6.